The summed E-state index contributed by atoms with van der Waals surface area (Å²) in [7, 11) is 0. The van der Waals surface area contributed by atoms with Crippen LogP contribution in [0, 0.1) is 6.20 Å². The summed E-state index contributed by atoms with van der Waals surface area (Å²) < 4.78 is 2.05. The summed E-state index contributed by atoms with van der Waals surface area (Å²) in [4.78, 5) is 4.78. The molecule has 48 heavy (non-hydrogen) atoms. The van der Waals surface area contributed by atoms with E-state index in [9.17, 15) is 0 Å². The van der Waals surface area contributed by atoms with Gasteiger partial charge in [-0.2, -0.15) is 0 Å². The second kappa shape index (κ2) is 15.3. The fourth-order valence-electron chi connectivity index (χ4n) is 6.38. The monoisotopic (exact) mass is 620 g/mol. The van der Waals surface area contributed by atoms with Crippen molar-refractivity contribution < 1.29 is 4.57 Å². The molecule has 2 heterocycles. The van der Waals surface area contributed by atoms with Crippen LogP contribution in [0.2, 0.25) is 0 Å². The molecule has 0 aliphatic carbocycles. The number of benzene rings is 5. The number of rotatable bonds is 12. The summed E-state index contributed by atoms with van der Waals surface area (Å²) in [6.07, 6.45) is 13.4. The molecular formula is C46H40N2. The molecule has 0 atom stereocenters. The molecule has 0 aliphatic rings. The molecule has 2 aromatic heterocycles. The van der Waals surface area contributed by atoms with Gasteiger partial charge < -0.3 is 0 Å². The third-order valence-electron chi connectivity index (χ3n) is 9.14. The quantitative estimate of drug-likeness (QED) is 0.0982. The van der Waals surface area contributed by atoms with E-state index in [4.69, 9.17) is 4.98 Å². The number of pyridine rings is 2. The van der Waals surface area contributed by atoms with Gasteiger partial charge in [0.15, 0.2) is 6.20 Å². The molecule has 0 radical (unpaired) electrons. The first-order valence-corrected chi connectivity index (χ1v) is 17.0. The molecule has 0 saturated heterocycles. The second-order valence-electron chi connectivity index (χ2n) is 12.5. The molecule has 7 aromatic rings. The predicted octanol–water partition coefficient (Wildman–Crippen LogP) is 9.85. The summed E-state index contributed by atoms with van der Waals surface area (Å²) >= 11 is 0. The van der Waals surface area contributed by atoms with Crippen LogP contribution in [-0.2, 0) is 38.5 Å². The first-order chi connectivity index (χ1) is 23.8. The Morgan fingerprint density at radius 3 is 1.81 bits per heavy atom. The zero-order valence-corrected chi connectivity index (χ0v) is 27.3. The van der Waals surface area contributed by atoms with Gasteiger partial charge in [-0.05, 0) is 95.7 Å². The topological polar surface area (TPSA) is 16.8 Å². The van der Waals surface area contributed by atoms with Gasteiger partial charge in [0.2, 0.25) is 0 Å². The number of nitrogens with zero attached hydrogens (tertiary/aromatic N) is 2. The van der Waals surface area contributed by atoms with Gasteiger partial charge in [-0.3, -0.25) is 9.55 Å². The highest BCUT2D eigenvalue weighted by atomic mass is 14.9. The van der Waals surface area contributed by atoms with E-state index in [0.717, 1.165) is 55.5 Å². The maximum Gasteiger partial charge on any atom is 0.152 e. The Morgan fingerprint density at radius 2 is 1.08 bits per heavy atom. The minimum absolute atomic E-state index is 0.973. The Labute approximate surface area is 285 Å². The maximum absolute atomic E-state index is 4.78. The molecule has 2 nitrogen and oxygen atoms in total. The highest BCUT2D eigenvalue weighted by molar-refractivity contribution is 5.63. The van der Waals surface area contributed by atoms with Crippen LogP contribution in [0.25, 0.3) is 28.1 Å². The molecule has 0 bridgehead atoms. The Kier molecular flexibility index (Phi) is 9.91. The van der Waals surface area contributed by atoms with Gasteiger partial charge >= 0.3 is 0 Å². The molecule has 0 saturated carbocycles. The average molecular weight is 621 g/mol. The summed E-state index contributed by atoms with van der Waals surface area (Å²) in [6.45, 7) is 0. The van der Waals surface area contributed by atoms with Gasteiger partial charge in [0, 0.05) is 11.8 Å². The van der Waals surface area contributed by atoms with Crippen LogP contribution in [0.5, 0.6) is 0 Å². The van der Waals surface area contributed by atoms with Gasteiger partial charge in [-0.15, -0.1) is 6.07 Å². The second-order valence-corrected chi connectivity index (χ2v) is 12.5. The first-order valence-electron chi connectivity index (χ1n) is 17.0. The van der Waals surface area contributed by atoms with Gasteiger partial charge in [0.25, 0.3) is 0 Å². The minimum atomic E-state index is 0.973. The summed E-state index contributed by atoms with van der Waals surface area (Å²) in [5.74, 6) is 0. The zero-order chi connectivity index (χ0) is 32.4. The SMILES string of the molecule is [c-]1cccc[n+]1-c1cccc(CCc2ccc(CCc3ccc(-c4ccccc4)nc3)c(CCc3ccc(-c4ccccc4)cc3)c2)c1. The predicted molar refractivity (Wildman–Crippen MR) is 197 cm³/mol. The van der Waals surface area contributed by atoms with Gasteiger partial charge in [0.1, 0.15) is 5.69 Å². The normalized spacial score (nSPS) is 11.0. The van der Waals surface area contributed by atoms with Crippen molar-refractivity contribution in [3.63, 3.8) is 0 Å². The van der Waals surface area contributed by atoms with Crippen LogP contribution in [0.1, 0.15) is 33.4 Å². The highest BCUT2D eigenvalue weighted by Gasteiger charge is 2.09. The van der Waals surface area contributed by atoms with Crippen LogP contribution in [0.4, 0.5) is 0 Å². The number of hydrogen-bond donors (Lipinski definition) is 0. The fraction of sp³-hybridized carbons (Fsp3) is 0.130. The molecule has 0 unspecified atom stereocenters. The molecule has 0 amide bonds. The van der Waals surface area contributed by atoms with Gasteiger partial charge in [0.05, 0.1) is 11.9 Å². The number of aryl methyl sites for hydroxylation is 6. The van der Waals surface area contributed by atoms with E-state index < -0.39 is 0 Å². The molecule has 7 rings (SSSR count). The van der Waals surface area contributed by atoms with Crippen molar-refractivity contribution in [2.45, 2.75) is 38.5 Å². The third-order valence-corrected chi connectivity index (χ3v) is 9.14. The lowest BCUT2D eigenvalue weighted by atomic mass is 9.92. The zero-order valence-electron chi connectivity index (χ0n) is 27.3. The maximum atomic E-state index is 4.78. The van der Waals surface area contributed by atoms with E-state index in [1.54, 1.807) is 0 Å². The Bertz CT molecular complexity index is 2030. The number of hydrogen-bond acceptors (Lipinski definition) is 1. The van der Waals surface area contributed by atoms with Crippen molar-refractivity contribution in [1.82, 2.24) is 4.98 Å². The smallest absolute Gasteiger partial charge is 0.152 e. The van der Waals surface area contributed by atoms with E-state index in [1.807, 2.05) is 41.2 Å². The first kappa shape index (κ1) is 31.0. The average Bonchev–Trinajstić information content (AvgIpc) is 3.17. The lowest BCUT2D eigenvalue weighted by molar-refractivity contribution is -0.600. The molecule has 0 spiro atoms. The van der Waals surface area contributed by atoms with Crippen LogP contribution >= 0.6 is 0 Å². The van der Waals surface area contributed by atoms with Crippen LogP contribution < -0.4 is 4.57 Å². The molecule has 0 N–H and O–H groups in total. The molecular weight excluding hydrogens is 581 g/mol. The van der Waals surface area contributed by atoms with E-state index in [2.05, 4.69) is 140 Å². The molecule has 0 fully saturated rings. The third kappa shape index (κ3) is 8.03. The van der Waals surface area contributed by atoms with Crippen molar-refractivity contribution >= 4 is 0 Å². The van der Waals surface area contributed by atoms with Crippen molar-refractivity contribution in [2.75, 3.05) is 0 Å². The number of aromatic nitrogens is 2. The Balaban J connectivity index is 1.06. The molecule has 5 aromatic carbocycles. The van der Waals surface area contributed by atoms with Crippen LogP contribution in [0.15, 0.2) is 170 Å². The molecule has 0 aliphatic heterocycles. The summed E-state index contributed by atoms with van der Waals surface area (Å²) in [5.41, 5.74) is 14.1. The standard InChI is InChI=1S/C46H40N2/c1-4-12-40(13-5-1)41-25-19-36(20-26-41)21-29-44-33-38(18-17-37-11-10-16-45(34-37)48-31-8-3-9-32-48)22-27-42(44)28-23-39-24-30-46(47-35-39)43-14-6-2-7-15-43/h1-16,19-20,22,24-27,30-31,33-35H,17-18,21,23,28-29H2. The van der Waals surface area contributed by atoms with E-state index in [1.165, 1.54) is 44.5 Å². The Hall–Kier alpha value is -5.60. The van der Waals surface area contributed by atoms with E-state index >= 15 is 0 Å². The Morgan fingerprint density at radius 1 is 0.438 bits per heavy atom. The van der Waals surface area contributed by atoms with Crippen LogP contribution in [-0.4, -0.2) is 4.98 Å². The lowest BCUT2D eigenvalue weighted by Gasteiger charge is -2.14. The van der Waals surface area contributed by atoms with Crippen molar-refractivity contribution in [3.05, 3.63) is 210 Å². The largest absolute Gasteiger partial charge is 0.285 e. The van der Waals surface area contributed by atoms with Gasteiger partial charge in [-0.1, -0.05) is 139 Å². The van der Waals surface area contributed by atoms with Crippen molar-refractivity contribution in [3.8, 4) is 28.1 Å². The summed E-state index contributed by atoms with van der Waals surface area (Å²) in [5, 5.41) is 0. The van der Waals surface area contributed by atoms with Crippen molar-refractivity contribution in [2.24, 2.45) is 0 Å². The minimum Gasteiger partial charge on any atom is -0.285 e. The fourth-order valence-corrected chi connectivity index (χ4v) is 6.38. The molecule has 234 valence electrons. The lowest BCUT2D eigenvalue weighted by Crippen LogP contribution is -2.29. The highest BCUT2D eigenvalue weighted by Crippen LogP contribution is 2.23. The van der Waals surface area contributed by atoms with E-state index in [0.29, 0.717) is 0 Å². The van der Waals surface area contributed by atoms with Crippen LogP contribution in [0.3, 0.4) is 0 Å². The molecule has 2 heteroatoms. The van der Waals surface area contributed by atoms with Crippen molar-refractivity contribution in [1.29, 1.82) is 0 Å². The summed E-state index contributed by atoms with van der Waals surface area (Å²) in [6, 6.07) is 56.5. The van der Waals surface area contributed by atoms with E-state index in [-0.39, 0.29) is 0 Å². The van der Waals surface area contributed by atoms with Gasteiger partial charge in [-0.25, -0.2) is 0 Å².